The quantitative estimate of drug-likeness (QED) is 0.291. The molecule has 0 amide bonds. The van der Waals surface area contributed by atoms with Crippen LogP contribution in [0.25, 0.3) is 40.0 Å². The molecule has 1 aromatic heterocycles. The number of allylic oxidation sites excluding steroid dienone is 2. The Bertz CT molecular complexity index is 1470. The van der Waals surface area contributed by atoms with Gasteiger partial charge in [0.1, 0.15) is 23.0 Å². The molecule has 0 saturated carbocycles. The van der Waals surface area contributed by atoms with Gasteiger partial charge in [-0.15, -0.1) is 0 Å². The topological polar surface area (TPSA) is 72.1 Å². The van der Waals surface area contributed by atoms with Gasteiger partial charge in [0.25, 0.3) is 0 Å². The van der Waals surface area contributed by atoms with E-state index in [4.69, 9.17) is 13.9 Å². The Morgan fingerprint density at radius 3 is 2.17 bits per heavy atom. The van der Waals surface area contributed by atoms with Gasteiger partial charge in [0.15, 0.2) is 11.3 Å². The molecule has 35 heavy (non-hydrogen) atoms. The molecule has 0 unspecified atom stereocenters. The van der Waals surface area contributed by atoms with Crippen molar-refractivity contribution in [2.75, 3.05) is 14.2 Å². The number of rotatable bonds is 7. The number of furan rings is 1. The van der Waals surface area contributed by atoms with Crippen LogP contribution in [0.4, 0.5) is 0 Å². The number of phenolic OH excluding ortho intramolecular Hbond substituents is 2. The second-order valence-electron chi connectivity index (χ2n) is 8.08. The molecular weight excluding hydrogens is 440 g/mol. The first kappa shape index (κ1) is 23.8. The van der Waals surface area contributed by atoms with E-state index in [1.807, 2.05) is 68.5 Å². The number of methoxy groups -OCH3 is 2. The largest absolute Gasteiger partial charge is 0.507 e. The molecule has 5 heteroatoms. The maximum absolute atomic E-state index is 10.8. The summed E-state index contributed by atoms with van der Waals surface area (Å²) >= 11 is 0. The highest BCUT2D eigenvalue weighted by molar-refractivity contribution is 5.92. The maximum Gasteiger partial charge on any atom is 0.176 e. The van der Waals surface area contributed by atoms with Crippen molar-refractivity contribution in [1.29, 1.82) is 0 Å². The molecule has 3 aromatic carbocycles. The highest BCUT2D eigenvalue weighted by Gasteiger charge is 2.20. The Balaban J connectivity index is 1.88. The fourth-order valence-corrected chi connectivity index (χ4v) is 4.12. The summed E-state index contributed by atoms with van der Waals surface area (Å²) in [5.74, 6) is 1.67. The Morgan fingerprint density at radius 2 is 1.49 bits per heavy atom. The zero-order valence-electron chi connectivity index (χ0n) is 20.3. The van der Waals surface area contributed by atoms with E-state index >= 15 is 0 Å². The van der Waals surface area contributed by atoms with E-state index < -0.39 is 0 Å². The van der Waals surface area contributed by atoms with Crippen LogP contribution in [0, 0.1) is 0 Å². The lowest BCUT2D eigenvalue weighted by Gasteiger charge is -2.15. The van der Waals surface area contributed by atoms with Crippen molar-refractivity contribution >= 4 is 28.7 Å². The second kappa shape index (κ2) is 9.85. The third-order valence-corrected chi connectivity index (χ3v) is 5.80. The first-order valence-corrected chi connectivity index (χ1v) is 11.2. The van der Waals surface area contributed by atoms with Gasteiger partial charge >= 0.3 is 0 Å². The maximum atomic E-state index is 10.8. The van der Waals surface area contributed by atoms with Crippen molar-refractivity contribution in [2.24, 2.45) is 0 Å². The van der Waals surface area contributed by atoms with Gasteiger partial charge in [-0.3, -0.25) is 0 Å². The molecule has 0 aliphatic rings. The van der Waals surface area contributed by atoms with Gasteiger partial charge < -0.3 is 24.1 Å². The highest BCUT2D eigenvalue weighted by Crippen LogP contribution is 2.43. The summed E-state index contributed by atoms with van der Waals surface area (Å²) in [4.78, 5) is 0. The zero-order chi connectivity index (χ0) is 25.1. The van der Waals surface area contributed by atoms with Crippen molar-refractivity contribution in [2.45, 2.75) is 13.8 Å². The number of fused-ring (bicyclic) bond motifs is 1. The van der Waals surface area contributed by atoms with Gasteiger partial charge in [0.2, 0.25) is 0 Å². The molecular formula is C30H28O5. The third kappa shape index (κ3) is 4.53. The summed E-state index contributed by atoms with van der Waals surface area (Å²) in [5, 5.41) is 22.2. The Hall–Kier alpha value is -4.38. The average molecular weight is 469 g/mol. The lowest BCUT2D eigenvalue weighted by Crippen LogP contribution is -1.93. The number of aromatic hydroxyl groups is 2. The third-order valence-electron chi connectivity index (χ3n) is 5.80. The Kier molecular flexibility index (Phi) is 6.69. The molecule has 1 heterocycles. The average Bonchev–Trinajstić information content (AvgIpc) is 3.28. The zero-order valence-corrected chi connectivity index (χ0v) is 20.3. The Labute approximate surface area is 204 Å². The van der Waals surface area contributed by atoms with E-state index in [1.54, 1.807) is 19.2 Å². The standard InChI is InChI=1S/C30H28O5/c1-6-8-19-10-11-25(31)22(13-19)18(3)23-16-24(27(33-4)17-26(23)32)28-15-21-12-20(9-7-2)14-29(34-5)30(21)35-28/h6-17,31-32H,3H2,1-2,4-5H3/b8-6+,9-7+. The van der Waals surface area contributed by atoms with Crippen LogP contribution >= 0.6 is 0 Å². The number of ether oxygens (including phenoxy) is 2. The lowest BCUT2D eigenvalue weighted by molar-refractivity contribution is 0.405. The normalized spacial score (nSPS) is 11.5. The van der Waals surface area contributed by atoms with Gasteiger partial charge in [-0.2, -0.15) is 0 Å². The summed E-state index contributed by atoms with van der Waals surface area (Å²) in [6.07, 6.45) is 7.80. The van der Waals surface area contributed by atoms with Crippen LogP contribution in [-0.4, -0.2) is 24.4 Å². The van der Waals surface area contributed by atoms with Crippen LogP contribution < -0.4 is 9.47 Å². The first-order chi connectivity index (χ1) is 16.9. The molecule has 0 aliphatic heterocycles. The van der Waals surface area contributed by atoms with Crippen molar-refractivity contribution in [3.05, 3.63) is 89.5 Å². The van der Waals surface area contributed by atoms with E-state index in [-0.39, 0.29) is 11.5 Å². The molecule has 178 valence electrons. The van der Waals surface area contributed by atoms with Crippen LogP contribution in [0.5, 0.6) is 23.0 Å². The minimum absolute atomic E-state index is 0.0181. The monoisotopic (exact) mass is 468 g/mol. The fraction of sp³-hybridized carbons (Fsp3) is 0.133. The van der Waals surface area contributed by atoms with Crippen LogP contribution in [0.1, 0.15) is 36.1 Å². The summed E-state index contributed by atoms with van der Waals surface area (Å²) < 4.78 is 17.3. The summed E-state index contributed by atoms with van der Waals surface area (Å²) in [5.41, 5.74) is 4.60. The predicted molar refractivity (Wildman–Crippen MR) is 142 cm³/mol. The minimum Gasteiger partial charge on any atom is -0.507 e. The van der Waals surface area contributed by atoms with Crippen molar-refractivity contribution in [3.8, 4) is 34.3 Å². The van der Waals surface area contributed by atoms with Crippen molar-refractivity contribution < 1.29 is 24.1 Å². The van der Waals surface area contributed by atoms with Gasteiger partial charge in [-0.1, -0.05) is 36.9 Å². The van der Waals surface area contributed by atoms with Crippen LogP contribution in [-0.2, 0) is 0 Å². The molecule has 0 radical (unpaired) electrons. The summed E-state index contributed by atoms with van der Waals surface area (Å²) in [7, 11) is 3.14. The summed E-state index contributed by atoms with van der Waals surface area (Å²) in [6, 6.07) is 14.4. The van der Waals surface area contributed by atoms with Gasteiger partial charge in [0.05, 0.1) is 19.8 Å². The lowest BCUT2D eigenvalue weighted by atomic mass is 9.94. The smallest absolute Gasteiger partial charge is 0.176 e. The van der Waals surface area contributed by atoms with Crippen LogP contribution in [0.2, 0.25) is 0 Å². The SMILES string of the molecule is C=C(c1cc(/C=C/C)ccc1O)c1cc(-c2cc3cc(/C=C/C)cc(OC)c3o2)c(OC)cc1O. The van der Waals surface area contributed by atoms with Gasteiger partial charge in [-0.25, -0.2) is 0 Å². The van der Waals surface area contributed by atoms with E-state index in [1.165, 1.54) is 13.2 Å². The summed E-state index contributed by atoms with van der Waals surface area (Å²) in [6.45, 7) is 8.05. The van der Waals surface area contributed by atoms with Crippen LogP contribution in [0.15, 0.2) is 71.7 Å². The van der Waals surface area contributed by atoms with Crippen LogP contribution in [0.3, 0.4) is 0 Å². The number of phenols is 2. The number of benzene rings is 3. The molecule has 4 aromatic rings. The van der Waals surface area contributed by atoms with E-state index in [0.717, 1.165) is 16.5 Å². The van der Waals surface area contributed by atoms with E-state index in [2.05, 4.69) is 6.58 Å². The van der Waals surface area contributed by atoms with Crippen molar-refractivity contribution in [3.63, 3.8) is 0 Å². The van der Waals surface area contributed by atoms with Gasteiger partial charge in [0, 0.05) is 22.6 Å². The molecule has 2 N–H and O–H groups in total. The molecule has 5 nitrogen and oxygen atoms in total. The molecule has 0 aliphatic carbocycles. The second-order valence-corrected chi connectivity index (χ2v) is 8.08. The molecule has 4 rings (SSSR count). The number of hydrogen-bond donors (Lipinski definition) is 2. The molecule has 0 atom stereocenters. The highest BCUT2D eigenvalue weighted by atomic mass is 16.5. The van der Waals surface area contributed by atoms with E-state index in [9.17, 15) is 10.2 Å². The predicted octanol–water partition coefficient (Wildman–Crippen LogP) is 7.66. The Morgan fingerprint density at radius 1 is 0.800 bits per heavy atom. The molecule has 0 fully saturated rings. The first-order valence-electron chi connectivity index (χ1n) is 11.2. The molecule has 0 saturated heterocycles. The fourth-order valence-electron chi connectivity index (χ4n) is 4.12. The van der Waals surface area contributed by atoms with Crippen molar-refractivity contribution in [1.82, 2.24) is 0 Å². The van der Waals surface area contributed by atoms with Gasteiger partial charge in [-0.05, 0) is 66.9 Å². The molecule has 0 bridgehead atoms. The number of hydrogen-bond acceptors (Lipinski definition) is 5. The van der Waals surface area contributed by atoms with E-state index in [0.29, 0.717) is 45.1 Å². The minimum atomic E-state index is -0.0181. The molecule has 0 spiro atoms.